The Kier molecular flexibility index (Phi) is 3.81. The number of nitrogens with two attached hydrogens (primary N) is 1. The van der Waals surface area contributed by atoms with E-state index in [1.54, 1.807) is 12.1 Å². The van der Waals surface area contributed by atoms with Crippen molar-refractivity contribution in [2.75, 3.05) is 5.32 Å². The second-order valence-electron chi connectivity index (χ2n) is 4.68. The first-order valence-corrected chi connectivity index (χ1v) is 6.11. The van der Waals surface area contributed by atoms with Gasteiger partial charge in [-0.3, -0.25) is 4.79 Å². The van der Waals surface area contributed by atoms with E-state index >= 15 is 0 Å². The zero-order valence-corrected chi connectivity index (χ0v) is 10.0. The number of anilines is 1. The van der Waals surface area contributed by atoms with E-state index in [2.05, 4.69) is 5.32 Å². The topological polar surface area (TPSA) is 75.4 Å². The number of primary amides is 1. The van der Waals surface area contributed by atoms with Gasteiger partial charge in [0.2, 0.25) is 0 Å². The lowest BCUT2D eigenvalue weighted by molar-refractivity contribution is 0.0996. The summed E-state index contributed by atoms with van der Waals surface area (Å²) in [5.41, 5.74) is 5.52. The molecule has 1 aromatic rings. The molecule has 0 aromatic heterocycles. The molecule has 1 fully saturated rings. The number of rotatable bonds is 3. The monoisotopic (exact) mass is 252 g/mol. The van der Waals surface area contributed by atoms with Crippen molar-refractivity contribution in [3.8, 4) is 0 Å². The first kappa shape index (κ1) is 12.8. The second kappa shape index (κ2) is 5.35. The molecule has 5 heteroatoms. The van der Waals surface area contributed by atoms with E-state index in [1.165, 1.54) is 6.07 Å². The standard InChI is InChI=1S/C13H17FN2O2/c14-10-2-1-3-11(12(10)13(15)18)16-8-4-6-9(17)7-5-8/h1-3,8-9,16-17H,4-7H2,(H2,15,18). The number of aliphatic hydroxyl groups is 1. The summed E-state index contributed by atoms with van der Waals surface area (Å²) in [6, 6.07) is 4.56. The summed E-state index contributed by atoms with van der Waals surface area (Å²) in [4.78, 5) is 11.2. The van der Waals surface area contributed by atoms with Crippen molar-refractivity contribution in [1.29, 1.82) is 0 Å². The largest absolute Gasteiger partial charge is 0.393 e. The molecular formula is C13H17FN2O2. The fourth-order valence-corrected chi connectivity index (χ4v) is 2.33. The van der Waals surface area contributed by atoms with Crippen LogP contribution < -0.4 is 11.1 Å². The minimum atomic E-state index is -0.772. The molecule has 0 atom stereocenters. The second-order valence-corrected chi connectivity index (χ2v) is 4.68. The molecule has 0 heterocycles. The van der Waals surface area contributed by atoms with Gasteiger partial charge in [-0.05, 0) is 37.8 Å². The van der Waals surface area contributed by atoms with Gasteiger partial charge in [-0.1, -0.05) is 6.07 Å². The van der Waals surface area contributed by atoms with Crippen LogP contribution in [0.1, 0.15) is 36.0 Å². The van der Waals surface area contributed by atoms with Crippen LogP contribution in [0.15, 0.2) is 18.2 Å². The Morgan fingerprint density at radius 2 is 2.00 bits per heavy atom. The highest BCUT2D eigenvalue weighted by Gasteiger charge is 2.21. The van der Waals surface area contributed by atoms with Gasteiger partial charge in [0.25, 0.3) is 5.91 Å². The molecule has 0 spiro atoms. The number of carbonyl (C=O) groups excluding carboxylic acids is 1. The van der Waals surface area contributed by atoms with Gasteiger partial charge in [0.1, 0.15) is 5.82 Å². The van der Waals surface area contributed by atoms with Gasteiger partial charge in [-0.2, -0.15) is 0 Å². The maximum Gasteiger partial charge on any atom is 0.253 e. The van der Waals surface area contributed by atoms with Crippen LogP contribution in [-0.4, -0.2) is 23.2 Å². The molecular weight excluding hydrogens is 235 g/mol. The Morgan fingerprint density at radius 1 is 1.33 bits per heavy atom. The SMILES string of the molecule is NC(=O)c1c(F)cccc1NC1CCC(O)CC1. The molecule has 2 rings (SSSR count). The Hall–Kier alpha value is -1.62. The van der Waals surface area contributed by atoms with Crippen molar-refractivity contribution in [3.63, 3.8) is 0 Å². The highest BCUT2D eigenvalue weighted by molar-refractivity contribution is 5.98. The van der Waals surface area contributed by atoms with E-state index in [9.17, 15) is 14.3 Å². The molecule has 0 saturated heterocycles. The molecule has 0 radical (unpaired) electrons. The van der Waals surface area contributed by atoms with E-state index in [1.807, 2.05) is 0 Å². The number of halogens is 1. The first-order chi connectivity index (χ1) is 8.58. The fourth-order valence-electron chi connectivity index (χ4n) is 2.33. The van der Waals surface area contributed by atoms with Gasteiger partial charge < -0.3 is 16.2 Å². The Labute approximate surface area is 105 Å². The van der Waals surface area contributed by atoms with E-state index in [4.69, 9.17) is 5.73 Å². The molecule has 0 aliphatic heterocycles. The third kappa shape index (κ3) is 2.79. The lowest BCUT2D eigenvalue weighted by atomic mass is 9.92. The molecule has 4 nitrogen and oxygen atoms in total. The van der Waals surface area contributed by atoms with Gasteiger partial charge in [0.15, 0.2) is 0 Å². The summed E-state index contributed by atoms with van der Waals surface area (Å²) < 4.78 is 13.5. The predicted octanol–water partition coefficient (Wildman–Crippen LogP) is 1.64. The summed E-state index contributed by atoms with van der Waals surface area (Å²) in [7, 11) is 0. The van der Waals surface area contributed by atoms with Crippen molar-refractivity contribution in [1.82, 2.24) is 0 Å². The summed E-state index contributed by atoms with van der Waals surface area (Å²) in [6.07, 6.45) is 2.80. The molecule has 1 aromatic carbocycles. The highest BCUT2D eigenvalue weighted by Crippen LogP contribution is 2.25. The maximum absolute atomic E-state index is 13.5. The van der Waals surface area contributed by atoms with E-state index in [-0.39, 0.29) is 17.7 Å². The normalized spacial score (nSPS) is 23.7. The van der Waals surface area contributed by atoms with Crippen molar-refractivity contribution < 1.29 is 14.3 Å². The van der Waals surface area contributed by atoms with Crippen LogP contribution >= 0.6 is 0 Å². The number of hydrogen-bond acceptors (Lipinski definition) is 3. The van der Waals surface area contributed by atoms with E-state index in [0.29, 0.717) is 5.69 Å². The highest BCUT2D eigenvalue weighted by atomic mass is 19.1. The molecule has 18 heavy (non-hydrogen) atoms. The number of benzene rings is 1. The predicted molar refractivity (Wildman–Crippen MR) is 66.8 cm³/mol. The zero-order valence-electron chi connectivity index (χ0n) is 10.0. The Morgan fingerprint density at radius 3 is 2.61 bits per heavy atom. The molecule has 1 saturated carbocycles. The van der Waals surface area contributed by atoms with Gasteiger partial charge in [-0.15, -0.1) is 0 Å². The van der Waals surface area contributed by atoms with E-state index in [0.717, 1.165) is 25.7 Å². The lowest BCUT2D eigenvalue weighted by Gasteiger charge is -2.27. The smallest absolute Gasteiger partial charge is 0.253 e. The fraction of sp³-hybridized carbons (Fsp3) is 0.462. The lowest BCUT2D eigenvalue weighted by Crippen LogP contribution is -2.29. The van der Waals surface area contributed by atoms with Crippen LogP contribution in [0.2, 0.25) is 0 Å². The minimum Gasteiger partial charge on any atom is -0.393 e. The molecule has 1 aliphatic rings. The van der Waals surface area contributed by atoms with Crippen molar-refractivity contribution in [2.24, 2.45) is 5.73 Å². The van der Waals surface area contributed by atoms with Gasteiger partial charge in [0.05, 0.1) is 17.4 Å². The number of aliphatic hydroxyl groups excluding tert-OH is 1. The Bertz CT molecular complexity index is 443. The zero-order chi connectivity index (χ0) is 13.1. The van der Waals surface area contributed by atoms with Crippen LogP contribution in [0.3, 0.4) is 0 Å². The molecule has 1 amide bonds. The average Bonchev–Trinajstić information content (AvgIpc) is 2.32. The molecule has 4 N–H and O–H groups in total. The summed E-state index contributed by atoms with van der Waals surface area (Å²) >= 11 is 0. The molecule has 0 unspecified atom stereocenters. The van der Waals surface area contributed by atoms with E-state index < -0.39 is 11.7 Å². The van der Waals surface area contributed by atoms with Crippen LogP contribution in [0.25, 0.3) is 0 Å². The van der Waals surface area contributed by atoms with Crippen molar-refractivity contribution in [2.45, 2.75) is 37.8 Å². The van der Waals surface area contributed by atoms with Crippen LogP contribution in [0.5, 0.6) is 0 Å². The van der Waals surface area contributed by atoms with Crippen LogP contribution in [-0.2, 0) is 0 Å². The van der Waals surface area contributed by atoms with Crippen molar-refractivity contribution >= 4 is 11.6 Å². The number of amides is 1. The Balaban J connectivity index is 2.14. The van der Waals surface area contributed by atoms with Gasteiger partial charge in [0, 0.05) is 6.04 Å². The van der Waals surface area contributed by atoms with Gasteiger partial charge in [-0.25, -0.2) is 4.39 Å². The first-order valence-electron chi connectivity index (χ1n) is 6.11. The maximum atomic E-state index is 13.5. The van der Waals surface area contributed by atoms with Crippen LogP contribution in [0, 0.1) is 5.82 Å². The third-order valence-corrected chi connectivity index (χ3v) is 3.32. The van der Waals surface area contributed by atoms with Crippen LogP contribution in [0.4, 0.5) is 10.1 Å². The molecule has 1 aliphatic carbocycles. The van der Waals surface area contributed by atoms with Crippen molar-refractivity contribution in [3.05, 3.63) is 29.6 Å². The summed E-state index contributed by atoms with van der Waals surface area (Å²) in [5.74, 6) is -1.38. The minimum absolute atomic E-state index is 0.0939. The van der Waals surface area contributed by atoms with Gasteiger partial charge >= 0.3 is 0 Å². The average molecular weight is 252 g/mol. The number of carbonyl (C=O) groups is 1. The number of hydrogen-bond donors (Lipinski definition) is 3. The molecule has 98 valence electrons. The molecule has 0 bridgehead atoms. The quantitative estimate of drug-likeness (QED) is 0.765. The summed E-state index contributed by atoms with van der Waals surface area (Å²) in [6.45, 7) is 0. The third-order valence-electron chi connectivity index (χ3n) is 3.32. The summed E-state index contributed by atoms with van der Waals surface area (Å²) in [5, 5.41) is 12.6. The number of nitrogens with one attached hydrogen (secondary N) is 1.